The second-order valence-corrected chi connectivity index (χ2v) is 11.2. The molecule has 0 radical (unpaired) electrons. The molecular formula is C34H28Cl2LiO4P. The summed E-state index contributed by atoms with van der Waals surface area (Å²) < 4.78 is 18.8. The van der Waals surface area contributed by atoms with Gasteiger partial charge in [-0.05, 0) is 37.4 Å². The van der Waals surface area contributed by atoms with Gasteiger partial charge in [-0.1, -0.05) is 120 Å². The SMILES string of the molecule is O=C(Pc1c(OCc2ccccc2)cc(OCc2ccccc2)cc1OCc1ccccc1)c1c(Cl)cccc1Cl.[LiH]. The van der Waals surface area contributed by atoms with Gasteiger partial charge in [0.25, 0.3) is 0 Å². The molecular weight excluding hydrogens is 581 g/mol. The van der Waals surface area contributed by atoms with Crippen molar-refractivity contribution in [2.75, 3.05) is 0 Å². The third-order valence-electron chi connectivity index (χ3n) is 6.19. The Morgan fingerprint density at radius 3 is 1.40 bits per heavy atom. The van der Waals surface area contributed by atoms with Crippen LogP contribution >= 0.6 is 31.8 Å². The van der Waals surface area contributed by atoms with E-state index in [0.717, 1.165) is 16.7 Å². The van der Waals surface area contributed by atoms with Gasteiger partial charge in [-0.25, -0.2) is 0 Å². The Bertz CT molecular complexity index is 1520. The van der Waals surface area contributed by atoms with Crippen molar-refractivity contribution in [2.24, 2.45) is 0 Å². The number of carbonyl (C=O) groups excluding carboxylic acids is 1. The number of hydrogen-bond donors (Lipinski definition) is 0. The first-order valence-corrected chi connectivity index (χ1v) is 14.8. The van der Waals surface area contributed by atoms with Crippen molar-refractivity contribution >= 4 is 61.5 Å². The Kier molecular flexibility index (Phi) is 12.0. The van der Waals surface area contributed by atoms with Gasteiger partial charge < -0.3 is 14.2 Å². The van der Waals surface area contributed by atoms with Crippen LogP contribution in [0.2, 0.25) is 10.0 Å². The van der Waals surface area contributed by atoms with Crippen LogP contribution in [0.25, 0.3) is 0 Å². The maximum atomic E-state index is 13.6. The molecule has 0 spiro atoms. The van der Waals surface area contributed by atoms with E-state index in [1.54, 1.807) is 18.2 Å². The van der Waals surface area contributed by atoms with E-state index in [1.807, 2.05) is 103 Å². The van der Waals surface area contributed by atoms with E-state index in [4.69, 9.17) is 37.4 Å². The quantitative estimate of drug-likeness (QED) is 0.106. The zero-order chi connectivity index (χ0) is 28.4. The van der Waals surface area contributed by atoms with Crippen LogP contribution in [0.15, 0.2) is 121 Å². The predicted molar refractivity (Wildman–Crippen MR) is 175 cm³/mol. The van der Waals surface area contributed by atoms with Crippen LogP contribution in [-0.4, -0.2) is 24.4 Å². The number of benzene rings is 5. The summed E-state index contributed by atoms with van der Waals surface area (Å²) in [5.41, 5.74) is 3.07. The van der Waals surface area contributed by atoms with E-state index in [9.17, 15) is 4.79 Å². The molecule has 0 aliphatic rings. The van der Waals surface area contributed by atoms with Crippen LogP contribution in [0.4, 0.5) is 0 Å². The Hall–Kier alpha value is -3.22. The minimum atomic E-state index is -0.361. The van der Waals surface area contributed by atoms with Crippen LogP contribution in [0.1, 0.15) is 27.0 Å². The maximum absolute atomic E-state index is 13.6. The number of rotatable bonds is 12. The van der Waals surface area contributed by atoms with Crippen molar-refractivity contribution in [3.05, 3.63) is 154 Å². The molecule has 0 aliphatic carbocycles. The van der Waals surface area contributed by atoms with Crippen molar-refractivity contribution < 1.29 is 19.0 Å². The molecule has 208 valence electrons. The van der Waals surface area contributed by atoms with Gasteiger partial charge in [0.2, 0.25) is 0 Å². The van der Waals surface area contributed by atoms with Crippen LogP contribution < -0.4 is 19.5 Å². The van der Waals surface area contributed by atoms with Gasteiger partial charge in [0.1, 0.15) is 37.1 Å². The molecule has 0 amide bonds. The Labute approximate surface area is 269 Å². The average Bonchev–Trinajstić information content (AvgIpc) is 3.00. The van der Waals surface area contributed by atoms with Gasteiger partial charge in [-0.2, -0.15) is 0 Å². The summed E-state index contributed by atoms with van der Waals surface area (Å²) in [6.45, 7) is 0.978. The van der Waals surface area contributed by atoms with Crippen LogP contribution in [-0.2, 0) is 19.8 Å². The molecule has 5 aromatic carbocycles. The first kappa shape index (κ1) is 31.7. The number of hydrogen-bond acceptors (Lipinski definition) is 4. The van der Waals surface area contributed by atoms with Crippen molar-refractivity contribution in [3.8, 4) is 17.2 Å². The molecule has 0 bridgehead atoms. The standard InChI is InChI=1S/C34H27Cl2O4P.Li.H/c35-28-17-10-18-29(36)32(28)34(37)41-33-30(39-22-25-13-6-2-7-14-25)19-27(38-21-24-11-4-1-5-12-24)20-31(33)40-23-26-15-8-3-9-16-26;;/h1-20,41H,21-23H2;;. The zero-order valence-corrected chi connectivity index (χ0v) is 24.6. The molecule has 0 N–H and O–H groups in total. The Morgan fingerprint density at radius 1 is 0.571 bits per heavy atom. The van der Waals surface area contributed by atoms with Crippen LogP contribution in [0.3, 0.4) is 0 Å². The van der Waals surface area contributed by atoms with E-state index in [2.05, 4.69) is 0 Å². The second-order valence-electron chi connectivity index (χ2n) is 9.17. The van der Waals surface area contributed by atoms with Gasteiger partial charge in [-0.3, -0.25) is 4.79 Å². The van der Waals surface area contributed by atoms with Gasteiger partial charge in [0.05, 0.1) is 20.9 Å². The van der Waals surface area contributed by atoms with Crippen molar-refractivity contribution in [1.29, 1.82) is 0 Å². The fourth-order valence-corrected chi connectivity index (χ4v) is 5.99. The molecule has 0 fully saturated rings. The fraction of sp³-hybridized carbons (Fsp3) is 0.0882. The summed E-state index contributed by atoms with van der Waals surface area (Å²) in [5, 5.41) is 1.22. The molecule has 0 aromatic heterocycles. The summed E-state index contributed by atoms with van der Waals surface area (Å²) in [7, 11) is -0.361. The summed E-state index contributed by atoms with van der Waals surface area (Å²) in [5.74, 6) is 1.56. The number of halogens is 2. The number of carbonyl (C=O) groups is 1. The molecule has 42 heavy (non-hydrogen) atoms. The molecule has 4 nitrogen and oxygen atoms in total. The van der Waals surface area contributed by atoms with E-state index < -0.39 is 0 Å². The molecule has 5 rings (SSSR count). The Morgan fingerprint density at radius 2 is 0.976 bits per heavy atom. The topological polar surface area (TPSA) is 44.8 Å². The van der Waals surface area contributed by atoms with Gasteiger partial charge in [0.15, 0.2) is 5.52 Å². The third kappa shape index (κ3) is 8.65. The molecule has 1 unspecified atom stereocenters. The van der Waals surface area contributed by atoms with Gasteiger partial charge in [0, 0.05) is 12.1 Å². The van der Waals surface area contributed by atoms with Crippen LogP contribution in [0, 0.1) is 0 Å². The van der Waals surface area contributed by atoms with Gasteiger partial charge >= 0.3 is 18.9 Å². The summed E-state index contributed by atoms with van der Waals surface area (Å²) in [6, 6.07) is 38.2. The van der Waals surface area contributed by atoms with Crippen molar-refractivity contribution in [1.82, 2.24) is 0 Å². The predicted octanol–water partition coefficient (Wildman–Crippen LogP) is 8.23. The molecule has 0 saturated carbocycles. The second kappa shape index (κ2) is 15.9. The number of ether oxygens (including phenoxy) is 3. The van der Waals surface area contributed by atoms with Crippen molar-refractivity contribution in [3.63, 3.8) is 0 Å². The average molecular weight is 609 g/mol. The minimum absolute atomic E-state index is 0. The van der Waals surface area contributed by atoms with E-state index in [0.29, 0.717) is 52.4 Å². The molecule has 0 heterocycles. The first-order valence-electron chi connectivity index (χ1n) is 13.0. The summed E-state index contributed by atoms with van der Waals surface area (Å²) in [4.78, 5) is 13.6. The van der Waals surface area contributed by atoms with E-state index >= 15 is 0 Å². The Balaban J connectivity index is 0.00000405. The third-order valence-corrected chi connectivity index (χ3v) is 8.04. The van der Waals surface area contributed by atoms with Crippen molar-refractivity contribution in [2.45, 2.75) is 19.8 Å². The zero-order valence-electron chi connectivity index (χ0n) is 22.1. The van der Waals surface area contributed by atoms with E-state index in [-0.39, 0.29) is 38.5 Å². The van der Waals surface area contributed by atoms with Crippen LogP contribution in [0.5, 0.6) is 17.2 Å². The molecule has 0 saturated heterocycles. The van der Waals surface area contributed by atoms with E-state index in [1.165, 1.54) is 0 Å². The molecule has 1 atom stereocenters. The normalized spacial score (nSPS) is 10.7. The molecule has 0 aliphatic heterocycles. The molecule has 8 heteroatoms. The van der Waals surface area contributed by atoms with Gasteiger partial charge in [-0.15, -0.1) is 0 Å². The monoisotopic (exact) mass is 608 g/mol. The first-order chi connectivity index (χ1) is 20.1. The summed E-state index contributed by atoms with van der Waals surface area (Å²) in [6.07, 6.45) is 0. The fourth-order valence-electron chi connectivity index (χ4n) is 4.10. The molecule has 5 aromatic rings. The summed E-state index contributed by atoms with van der Waals surface area (Å²) >= 11 is 12.8.